The van der Waals surface area contributed by atoms with Crippen LogP contribution >= 0.6 is 15.9 Å². The molecule has 0 saturated carbocycles. The number of carbonyl (C=O) groups excluding carboxylic acids is 1. The number of halogens is 1. The third kappa shape index (κ3) is 2.75. The standard InChI is InChI=1S/C10H12BrN3O/c11-8-5-10(15)14(6-8)4-2-9-1-3-12-7-13-9/h1,3,7-8H,2,4-6H2. The summed E-state index contributed by atoms with van der Waals surface area (Å²) in [6, 6.07) is 1.88. The third-order valence-corrected chi connectivity index (χ3v) is 3.06. The molecule has 0 radical (unpaired) electrons. The lowest BCUT2D eigenvalue weighted by Crippen LogP contribution is -2.27. The average molecular weight is 270 g/mol. The molecular formula is C10H12BrN3O. The van der Waals surface area contributed by atoms with Crippen molar-refractivity contribution < 1.29 is 4.79 Å². The van der Waals surface area contributed by atoms with Crippen molar-refractivity contribution in [3.63, 3.8) is 0 Å². The zero-order valence-corrected chi connectivity index (χ0v) is 9.85. The number of likely N-dealkylation sites (tertiary alicyclic amines) is 1. The summed E-state index contributed by atoms with van der Waals surface area (Å²) in [4.78, 5) is 21.6. The van der Waals surface area contributed by atoms with Crippen molar-refractivity contribution in [3.05, 3.63) is 24.3 Å². The maximum atomic E-state index is 11.5. The smallest absolute Gasteiger partial charge is 0.223 e. The van der Waals surface area contributed by atoms with Crippen molar-refractivity contribution in [2.45, 2.75) is 17.7 Å². The number of rotatable bonds is 3. The van der Waals surface area contributed by atoms with Crippen LogP contribution in [0, 0.1) is 0 Å². The van der Waals surface area contributed by atoms with E-state index in [1.165, 1.54) is 6.33 Å². The second kappa shape index (κ2) is 4.70. The van der Waals surface area contributed by atoms with Gasteiger partial charge in [0.15, 0.2) is 0 Å². The van der Waals surface area contributed by atoms with E-state index in [1.54, 1.807) is 6.20 Å². The molecule has 1 atom stereocenters. The molecule has 1 aliphatic heterocycles. The van der Waals surface area contributed by atoms with Gasteiger partial charge in [-0.3, -0.25) is 4.79 Å². The fourth-order valence-electron chi connectivity index (χ4n) is 1.66. The van der Waals surface area contributed by atoms with Crippen molar-refractivity contribution in [3.8, 4) is 0 Å². The van der Waals surface area contributed by atoms with Gasteiger partial charge in [-0.1, -0.05) is 15.9 Å². The highest BCUT2D eigenvalue weighted by Crippen LogP contribution is 2.17. The van der Waals surface area contributed by atoms with Crippen molar-refractivity contribution in [1.29, 1.82) is 0 Å². The Labute approximate surface area is 96.8 Å². The first-order valence-electron chi connectivity index (χ1n) is 4.92. The van der Waals surface area contributed by atoms with Crippen molar-refractivity contribution in [2.75, 3.05) is 13.1 Å². The summed E-state index contributed by atoms with van der Waals surface area (Å²) in [6.07, 6.45) is 4.67. The summed E-state index contributed by atoms with van der Waals surface area (Å²) in [5.74, 6) is 0.228. The van der Waals surface area contributed by atoms with E-state index < -0.39 is 0 Å². The van der Waals surface area contributed by atoms with Crippen LogP contribution in [0.25, 0.3) is 0 Å². The van der Waals surface area contributed by atoms with E-state index in [0.29, 0.717) is 11.2 Å². The van der Waals surface area contributed by atoms with Gasteiger partial charge in [0, 0.05) is 42.6 Å². The first-order chi connectivity index (χ1) is 7.25. The number of carbonyl (C=O) groups is 1. The van der Waals surface area contributed by atoms with Crippen LogP contribution in [0.5, 0.6) is 0 Å². The van der Waals surface area contributed by atoms with Gasteiger partial charge in [-0.15, -0.1) is 0 Å². The molecule has 0 aromatic carbocycles. The van der Waals surface area contributed by atoms with Crippen LogP contribution in [0.4, 0.5) is 0 Å². The highest BCUT2D eigenvalue weighted by atomic mass is 79.9. The molecule has 1 unspecified atom stereocenters. The van der Waals surface area contributed by atoms with Crippen molar-refractivity contribution >= 4 is 21.8 Å². The zero-order valence-electron chi connectivity index (χ0n) is 8.27. The Morgan fingerprint density at radius 1 is 1.60 bits per heavy atom. The Balaban J connectivity index is 1.86. The van der Waals surface area contributed by atoms with Gasteiger partial charge < -0.3 is 4.90 Å². The highest BCUT2D eigenvalue weighted by Gasteiger charge is 2.26. The number of nitrogens with zero attached hydrogens (tertiary/aromatic N) is 3. The van der Waals surface area contributed by atoms with E-state index in [4.69, 9.17) is 0 Å². The van der Waals surface area contributed by atoms with E-state index in [0.717, 1.165) is 25.2 Å². The van der Waals surface area contributed by atoms with Gasteiger partial charge in [-0.05, 0) is 6.07 Å². The van der Waals surface area contributed by atoms with Crippen LogP contribution in [0.15, 0.2) is 18.6 Å². The van der Waals surface area contributed by atoms with Gasteiger partial charge in [0.25, 0.3) is 0 Å². The Bertz CT molecular complexity index is 344. The molecule has 1 saturated heterocycles. The number of aromatic nitrogens is 2. The average Bonchev–Trinajstić information content (AvgIpc) is 2.56. The fourth-order valence-corrected chi connectivity index (χ4v) is 2.28. The van der Waals surface area contributed by atoms with E-state index in [-0.39, 0.29) is 5.91 Å². The van der Waals surface area contributed by atoms with Gasteiger partial charge >= 0.3 is 0 Å². The molecule has 1 amide bonds. The van der Waals surface area contributed by atoms with Gasteiger partial charge in [0.2, 0.25) is 5.91 Å². The molecule has 0 bridgehead atoms. The lowest BCUT2D eigenvalue weighted by Gasteiger charge is -2.14. The van der Waals surface area contributed by atoms with Crippen LogP contribution in [-0.4, -0.2) is 38.7 Å². The Morgan fingerprint density at radius 2 is 2.47 bits per heavy atom. The first-order valence-corrected chi connectivity index (χ1v) is 5.84. The molecule has 2 heterocycles. The summed E-state index contributed by atoms with van der Waals surface area (Å²) < 4.78 is 0. The fraction of sp³-hybridized carbons (Fsp3) is 0.500. The first kappa shape index (κ1) is 10.5. The molecule has 1 fully saturated rings. The lowest BCUT2D eigenvalue weighted by atomic mass is 10.3. The molecule has 1 aromatic rings. The van der Waals surface area contributed by atoms with Crippen molar-refractivity contribution in [1.82, 2.24) is 14.9 Å². The molecule has 0 aliphatic carbocycles. The SMILES string of the molecule is O=C1CC(Br)CN1CCc1ccncn1. The van der Waals surface area contributed by atoms with Crippen LogP contribution < -0.4 is 0 Å². The Hall–Kier alpha value is -0.970. The van der Waals surface area contributed by atoms with Crippen LogP contribution in [0.2, 0.25) is 0 Å². The number of alkyl halides is 1. The minimum atomic E-state index is 0.228. The predicted molar refractivity (Wildman–Crippen MR) is 59.6 cm³/mol. The summed E-state index contributed by atoms with van der Waals surface area (Å²) in [5.41, 5.74) is 0.982. The molecular weight excluding hydrogens is 258 g/mol. The molecule has 1 aliphatic rings. The molecule has 2 rings (SSSR count). The molecule has 0 N–H and O–H groups in total. The number of amides is 1. The molecule has 4 nitrogen and oxygen atoms in total. The third-order valence-electron chi connectivity index (χ3n) is 2.45. The monoisotopic (exact) mass is 269 g/mol. The summed E-state index contributed by atoms with van der Waals surface area (Å²) in [6.45, 7) is 1.56. The van der Waals surface area contributed by atoms with Gasteiger partial charge in [-0.2, -0.15) is 0 Å². The lowest BCUT2D eigenvalue weighted by molar-refractivity contribution is -0.127. The van der Waals surface area contributed by atoms with Crippen LogP contribution in [-0.2, 0) is 11.2 Å². The summed E-state index contributed by atoms with van der Waals surface area (Å²) >= 11 is 3.46. The van der Waals surface area contributed by atoms with Gasteiger partial charge in [-0.25, -0.2) is 9.97 Å². The normalized spacial score (nSPS) is 21.0. The summed E-state index contributed by atoms with van der Waals surface area (Å²) in [7, 11) is 0. The molecule has 15 heavy (non-hydrogen) atoms. The molecule has 80 valence electrons. The van der Waals surface area contributed by atoms with Crippen LogP contribution in [0.3, 0.4) is 0 Å². The van der Waals surface area contributed by atoms with E-state index in [2.05, 4.69) is 25.9 Å². The minimum absolute atomic E-state index is 0.228. The topological polar surface area (TPSA) is 46.1 Å². The quantitative estimate of drug-likeness (QED) is 0.770. The molecule has 5 heteroatoms. The largest absolute Gasteiger partial charge is 0.341 e. The maximum Gasteiger partial charge on any atom is 0.223 e. The van der Waals surface area contributed by atoms with Gasteiger partial charge in [0.1, 0.15) is 6.33 Å². The predicted octanol–water partition coefficient (Wildman–Crippen LogP) is 1.01. The Kier molecular flexibility index (Phi) is 3.30. The zero-order chi connectivity index (χ0) is 10.7. The minimum Gasteiger partial charge on any atom is -0.341 e. The van der Waals surface area contributed by atoms with E-state index in [9.17, 15) is 4.79 Å². The van der Waals surface area contributed by atoms with Crippen LogP contribution in [0.1, 0.15) is 12.1 Å². The number of hydrogen-bond donors (Lipinski definition) is 0. The second-order valence-electron chi connectivity index (χ2n) is 3.59. The molecule has 0 spiro atoms. The second-order valence-corrected chi connectivity index (χ2v) is 4.89. The summed E-state index contributed by atoms with van der Waals surface area (Å²) in [5, 5.41) is 0. The maximum absolute atomic E-state index is 11.5. The van der Waals surface area contributed by atoms with Crippen molar-refractivity contribution in [2.24, 2.45) is 0 Å². The van der Waals surface area contributed by atoms with E-state index in [1.807, 2.05) is 11.0 Å². The van der Waals surface area contributed by atoms with Gasteiger partial charge in [0.05, 0.1) is 0 Å². The Morgan fingerprint density at radius 3 is 3.07 bits per heavy atom. The van der Waals surface area contributed by atoms with E-state index >= 15 is 0 Å². The molecule has 1 aromatic heterocycles. The number of hydrogen-bond acceptors (Lipinski definition) is 3. The highest BCUT2D eigenvalue weighted by molar-refractivity contribution is 9.09.